The van der Waals surface area contributed by atoms with Gasteiger partial charge in [0.15, 0.2) is 5.16 Å². The van der Waals surface area contributed by atoms with Gasteiger partial charge in [0.1, 0.15) is 12.5 Å². The molecule has 0 bridgehead atoms. The zero-order chi connectivity index (χ0) is 15.7. The van der Waals surface area contributed by atoms with Gasteiger partial charge in [-0.2, -0.15) is 0 Å². The van der Waals surface area contributed by atoms with Gasteiger partial charge < -0.3 is 4.74 Å². The van der Waals surface area contributed by atoms with Crippen molar-refractivity contribution in [1.29, 1.82) is 0 Å². The van der Waals surface area contributed by atoms with Crippen molar-refractivity contribution in [3.05, 3.63) is 40.8 Å². The molecule has 1 aliphatic carbocycles. The van der Waals surface area contributed by atoms with Gasteiger partial charge >= 0.3 is 5.97 Å². The second-order valence-corrected chi connectivity index (χ2v) is 6.08. The molecule has 1 aromatic heterocycles. The Kier molecular flexibility index (Phi) is 4.04. The van der Waals surface area contributed by atoms with Crippen LogP contribution in [0.3, 0.4) is 0 Å². The van der Waals surface area contributed by atoms with Crippen molar-refractivity contribution in [3.8, 4) is 11.8 Å². The highest BCUT2D eigenvalue weighted by atomic mass is 32.2. The SMILES string of the molecule is CSc1ncc(C#CC2=C3COC(=O)C3C=CC2C)c(C)n1. The smallest absolute Gasteiger partial charge is 0.317 e. The second-order valence-electron chi connectivity index (χ2n) is 5.30. The number of esters is 1. The van der Waals surface area contributed by atoms with Gasteiger partial charge in [-0.25, -0.2) is 9.97 Å². The van der Waals surface area contributed by atoms with Gasteiger partial charge in [-0.3, -0.25) is 4.79 Å². The maximum atomic E-state index is 11.7. The second kappa shape index (κ2) is 5.98. The molecule has 112 valence electrons. The van der Waals surface area contributed by atoms with E-state index in [4.69, 9.17) is 4.74 Å². The summed E-state index contributed by atoms with van der Waals surface area (Å²) in [7, 11) is 0. The number of cyclic esters (lactones) is 1. The van der Waals surface area contributed by atoms with E-state index in [-0.39, 0.29) is 17.8 Å². The number of aryl methyl sites for hydroxylation is 1. The summed E-state index contributed by atoms with van der Waals surface area (Å²) >= 11 is 1.51. The first-order valence-corrected chi connectivity index (χ1v) is 8.30. The number of hydrogen-bond acceptors (Lipinski definition) is 5. The number of ether oxygens (including phenoxy) is 1. The molecule has 3 rings (SSSR count). The lowest BCUT2D eigenvalue weighted by Gasteiger charge is -2.16. The summed E-state index contributed by atoms with van der Waals surface area (Å²) in [5.74, 6) is 6.13. The van der Waals surface area contributed by atoms with Crippen LogP contribution >= 0.6 is 11.8 Å². The number of carbonyl (C=O) groups excluding carboxylic acids is 1. The van der Waals surface area contributed by atoms with E-state index in [2.05, 4.69) is 28.7 Å². The molecule has 2 atom stereocenters. The molecule has 5 heteroatoms. The highest BCUT2D eigenvalue weighted by molar-refractivity contribution is 7.98. The molecule has 0 aromatic carbocycles. The summed E-state index contributed by atoms with van der Waals surface area (Å²) in [5, 5.41) is 0.744. The summed E-state index contributed by atoms with van der Waals surface area (Å²) in [6.07, 6.45) is 7.64. The van der Waals surface area contributed by atoms with E-state index in [1.54, 1.807) is 6.20 Å². The van der Waals surface area contributed by atoms with Gasteiger partial charge in [-0.15, -0.1) is 0 Å². The predicted octanol–water partition coefficient (Wildman–Crippen LogP) is 2.53. The summed E-state index contributed by atoms with van der Waals surface area (Å²) in [6.45, 7) is 4.36. The van der Waals surface area contributed by atoms with Crippen molar-refractivity contribution in [1.82, 2.24) is 9.97 Å². The molecule has 2 aliphatic rings. The van der Waals surface area contributed by atoms with E-state index in [0.29, 0.717) is 6.61 Å². The number of aromatic nitrogens is 2. The van der Waals surface area contributed by atoms with Crippen LogP contribution in [0.1, 0.15) is 18.2 Å². The normalized spacial score (nSPS) is 23.0. The van der Waals surface area contributed by atoms with Gasteiger partial charge in [0.05, 0.1) is 11.3 Å². The van der Waals surface area contributed by atoms with Crippen LogP contribution in [0, 0.1) is 30.6 Å². The number of rotatable bonds is 1. The lowest BCUT2D eigenvalue weighted by atomic mass is 9.84. The Balaban J connectivity index is 1.96. The number of nitrogens with zero attached hydrogens (tertiary/aromatic N) is 2. The quantitative estimate of drug-likeness (QED) is 0.262. The van der Waals surface area contributed by atoms with Crippen molar-refractivity contribution >= 4 is 17.7 Å². The average molecular weight is 312 g/mol. The van der Waals surface area contributed by atoms with E-state index >= 15 is 0 Å². The standard InChI is InChI=1S/C17H16N2O2S/c1-10-4-6-14-15(9-21-16(14)20)13(10)7-5-12-8-18-17(22-3)19-11(12)2/h4,6,8,10,14H,9H2,1-3H3. The molecule has 1 fully saturated rings. The van der Waals surface area contributed by atoms with Crippen molar-refractivity contribution in [2.45, 2.75) is 19.0 Å². The number of thioether (sulfide) groups is 1. The third-order valence-electron chi connectivity index (χ3n) is 3.86. The predicted molar refractivity (Wildman–Crippen MR) is 85.2 cm³/mol. The lowest BCUT2D eigenvalue weighted by molar-refractivity contribution is -0.140. The maximum absolute atomic E-state index is 11.7. The van der Waals surface area contributed by atoms with Crippen molar-refractivity contribution in [2.75, 3.05) is 12.9 Å². The Labute approximate surface area is 134 Å². The van der Waals surface area contributed by atoms with Crippen LogP contribution in [0.2, 0.25) is 0 Å². The van der Waals surface area contributed by atoms with E-state index in [9.17, 15) is 4.79 Å². The molecule has 1 aliphatic heterocycles. The van der Waals surface area contributed by atoms with Crippen molar-refractivity contribution < 1.29 is 9.53 Å². The molecule has 0 N–H and O–H groups in total. The molecule has 0 saturated carbocycles. The zero-order valence-electron chi connectivity index (χ0n) is 12.7. The monoisotopic (exact) mass is 312 g/mol. The average Bonchev–Trinajstić information content (AvgIpc) is 2.89. The van der Waals surface area contributed by atoms with Crippen LogP contribution in [-0.2, 0) is 9.53 Å². The molecule has 0 amide bonds. The van der Waals surface area contributed by atoms with Crippen LogP contribution < -0.4 is 0 Å². The van der Waals surface area contributed by atoms with Crippen LogP contribution in [0.4, 0.5) is 0 Å². The minimum absolute atomic E-state index is 0.179. The molecule has 1 saturated heterocycles. The first-order chi connectivity index (χ1) is 10.6. The van der Waals surface area contributed by atoms with E-state index in [1.165, 1.54) is 11.8 Å². The molecule has 4 nitrogen and oxygen atoms in total. The fourth-order valence-electron chi connectivity index (χ4n) is 2.57. The Bertz CT molecular complexity index is 756. The van der Waals surface area contributed by atoms with Crippen molar-refractivity contribution in [3.63, 3.8) is 0 Å². The van der Waals surface area contributed by atoms with Gasteiger partial charge in [0.2, 0.25) is 0 Å². The van der Waals surface area contributed by atoms with Gasteiger partial charge in [-0.1, -0.05) is 42.7 Å². The topological polar surface area (TPSA) is 52.1 Å². The first kappa shape index (κ1) is 14.9. The lowest BCUT2D eigenvalue weighted by Crippen LogP contribution is -2.14. The molecule has 0 spiro atoms. The summed E-state index contributed by atoms with van der Waals surface area (Å²) < 4.78 is 5.14. The molecule has 2 heterocycles. The maximum Gasteiger partial charge on any atom is 0.317 e. The molecule has 0 radical (unpaired) electrons. The Morgan fingerprint density at radius 3 is 2.91 bits per heavy atom. The minimum Gasteiger partial charge on any atom is -0.460 e. The molecular formula is C17H16N2O2S. The van der Waals surface area contributed by atoms with Gasteiger partial charge in [-0.05, 0) is 18.8 Å². The summed E-state index contributed by atoms with van der Waals surface area (Å²) in [6, 6.07) is 0. The number of carbonyl (C=O) groups is 1. The largest absolute Gasteiger partial charge is 0.460 e. The number of hydrogen-bond donors (Lipinski definition) is 0. The fraction of sp³-hybridized carbons (Fsp3) is 0.353. The van der Waals surface area contributed by atoms with Gasteiger partial charge in [0, 0.05) is 17.7 Å². The van der Waals surface area contributed by atoms with Crippen LogP contribution in [0.15, 0.2) is 34.7 Å². The highest BCUT2D eigenvalue weighted by Crippen LogP contribution is 2.33. The Morgan fingerprint density at radius 1 is 1.36 bits per heavy atom. The van der Waals surface area contributed by atoms with Crippen LogP contribution in [0.5, 0.6) is 0 Å². The first-order valence-electron chi connectivity index (χ1n) is 7.07. The Hall–Kier alpha value is -2.06. The third-order valence-corrected chi connectivity index (χ3v) is 4.43. The van der Waals surface area contributed by atoms with Crippen LogP contribution in [0.25, 0.3) is 0 Å². The van der Waals surface area contributed by atoms with E-state index in [0.717, 1.165) is 27.6 Å². The number of fused-ring (bicyclic) bond motifs is 1. The Morgan fingerprint density at radius 2 is 2.18 bits per heavy atom. The van der Waals surface area contributed by atoms with Gasteiger partial charge in [0.25, 0.3) is 0 Å². The van der Waals surface area contributed by atoms with Crippen molar-refractivity contribution in [2.24, 2.45) is 11.8 Å². The van der Waals surface area contributed by atoms with E-state index in [1.807, 2.05) is 25.3 Å². The molecule has 2 unspecified atom stereocenters. The zero-order valence-corrected chi connectivity index (χ0v) is 13.5. The fourth-order valence-corrected chi connectivity index (χ4v) is 2.96. The van der Waals surface area contributed by atoms with Crippen LogP contribution in [-0.4, -0.2) is 28.8 Å². The highest BCUT2D eigenvalue weighted by Gasteiger charge is 2.34. The minimum atomic E-state index is -0.253. The molecular weight excluding hydrogens is 296 g/mol. The molecule has 1 aromatic rings. The third kappa shape index (κ3) is 2.67. The summed E-state index contributed by atoms with van der Waals surface area (Å²) in [4.78, 5) is 20.3. The molecule has 22 heavy (non-hydrogen) atoms. The van der Waals surface area contributed by atoms with E-state index < -0.39 is 0 Å². The summed E-state index contributed by atoms with van der Waals surface area (Å²) in [5.41, 5.74) is 3.65. The number of allylic oxidation sites excluding steroid dienone is 2.